The van der Waals surface area contributed by atoms with Crippen LogP contribution in [0, 0.1) is 18.2 Å². The molecule has 9 heteroatoms. The van der Waals surface area contributed by atoms with Gasteiger partial charge in [-0.2, -0.15) is 5.26 Å². The fourth-order valence-electron chi connectivity index (χ4n) is 18.1. The summed E-state index contributed by atoms with van der Waals surface area (Å²) >= 11 is 0. The maximum atomic E-state index is 10.8. The minimum Gasteiger partial charge on any atom is -0.456 e. The summed E-state index contributed by atoms with van der Waals surface area (Å²) in [5, 5.41) is 16.9. The van der Waals surface area contributed by atoms with E-state index in [1.54, 1.807) is 24.3 Å². The zero-order valence-electron chi connectivity index (χ0n) is 75.8. The van der Waals surface area contributed by atoms with Gasteiger partial charge < -0.3 is 32.3 Å². The van der Waals surface area contributed by atoms with Crippen molar-refractivity contribution in [2.45, 2.75) is 33.0 Å². The first kappa shape index (κ1) is 48.8. The third-order valence-corrected chi connectivity index (χ3v) is 22.8. The van der Waals surface area contributed by atoms with E-state index in [1.165, 1.54) is 4.57 Å². The Balaban J connectivity index is 0.980. The summed E-state index contributed by atoms with van der Waals surface area (Å²) in [7, 11) is 0. The molecule has 2 aliphatic rings. The molecule has 0 saturated heterocycles. The van der Waals surface area contributed by atoms with E-state index in [9.17, 15) is 25.8 Å². The number of nitrogens with zero attached hydrogens (tertiary/aromatic N) is 6. The fraction of sp³-hybridized carbons (Fsp3) is 0.0490. The van der Waals surface area contributed by atoms with E-state index in [4.69, 9.17) is 10.2 Å². The highest BCUT2D eigenvalue weighted by Crippen LogP contribution is 2.56. The predicted molar refractivity (Wildman–Crippen MR) is 462 cm³/mol. The second kappa shape index (κ2) is 23.6. The van der Waals surface area contributed by atoms with Crippen LogP contribution in [0.2, 0.25) is 0 Å². The molecule has 2 aliphatic heterocycles. The van der Waals surface area contributed by atoms with Crippen LogP contribution in [0.1, 0.15) is 59.4 Å². The molecule has 0 aliphatic carbocycles. The number of furan rings is 2. The Kier molecular flexibility index (Phi) is 10.4. The van der Waals surface area contributed by atoms with E-state index in [2.05, 4.69) is 82.2 Å². The van der Waals surface area contributed by atoms with Crippen molar-refractivity contribution in [1.29, 1.82) is 5.26 Å². The molecule has 7 heterocycles. The van der Waals surface area contributed by atoms with E-state index in [0.29, 0.717) is 118 Å². The van der Waals surface area contributed by atoms with Crippen molar-refractivity contribution in [3.63, 3.8) is 0 Å². The predicted octanol–water partition coefficient (Wildman–Crippen LogP) is 25.3. The van der Waals surface area contributed by atoms with Gasteiger partial charge in [0.25, 0.3) is 6.71 Å². The Labute approximate surface area is 662 Å². The molecule has 23 rings (SSSR count). The first-order chi connectivity index (χ1) is 61.2. The van der Waals surface area contributed by atoms with Crippen LogP contribution in [0.4, 0.5) is 34.1 Å². The lowest BCUT2D eigenvalue weighted by Gasteiger charge is -2.46. The number of anilines is 6. The second-order valence-corrected chi connectivity index (χ2v) is 29.8. The van der Waals surface area contributed by atoms with Crippen LogP contribution >= 0.6 is 0 Å². The lowest BCUT2D eigenvalue weighted by Crippen LogP contribution is -2.61. The topological polar surface area (TPSA) is 71.3 Å². The van der Waals surface area contributed by atoms with Crippen LogP contribution in [0.15, 0.2) is 342 Å². The normalized spacial score (nSPS) is 15.0. The summed E-state index contributed by atoms with van der Waals surface area (Å²) in [4.78, 5) is 4.32. The highest BCUT2D eigenvalue weighted by molar-refractivity contribution is 7.00. The molecular weight excluding hydrogens is 1350 g/mol. The van der Waals surface area contributed by atoms with Crippen molar-refractivity contribution < 1.29 is 30.8 Å². The van der Waals surface area contributed by atoms with Gasteiger partial charge >= 0.3 is 0 Å². The average Bonchev–Trinajstić information content (AvgIpc) is 1.42. The summed E-state index contributed by atoms with van der Waals surface area (Å²) in [6, 6.07) is 77.2. The van der Waals surface area contributed by atoms with Gasteiger partial charge in [0.05, 0.1) is 91.0 Å². The average molecular weight is 1440 g/mol. The fourth-order valence-corrected chi connectivity index (χ4v) is 18.1. The van der Waals surface area contributed by atoms with Gasteiger partial charge in [-0.1, -0.05) is 233 Å². The number of benzene rings is 16. The van der Waals surface area contributed by atoms with Gasteiger partial charge in [-0.05, 0) is 183 Å². The third kappa shape index (κ3) is 9.16. The summed E-state index contributed by atoms with van der Waals surface area (Å²) in [5.74, 6) is 0. The van der Waals surface area contributed by atoms with Gasteiger partial charge in [-0.3, -0.25) is 0 Å². The second-order valence-electron chi connectivity index (χ2n) is 29.8. The van der Waals surface area contributed by atoms with Crippen molar-refractivity contribution >= 4 is 167 Å². The number of hydrogen-bond donors (Lipinski definition) is 0. The van der Waals surface area contributed by atoms with Crippen molar-refractivity contribution in [1.82, 2.24) is 13.7 Å². The van der Waals surface area contributed by atoms with Crippen LogP contribution in [0.25, 0.3) is 160 Å². The Morgan fingerprint density at radius 3 is 1.65 bits per heavy atom. The third-order valence-electron chi connectivity index (χ3n) is 22.8. The van der Waals surface area contributed by atoms with E-state index in [1.807, 2.05) is 194 Å². The van der Waals surface area contributed by atoms with Crippen LogP contribution in [0.3, 0.4) is 0 Å². The Bertz CT molecular complexity index is 8460. The highest BCUT2D eigenvalue weighted by Gasteiger charge is 2.47. The Morgan fingerprint density at radius 1 is 0.360 bits per heavy atom. The number of aryl methyl sites for hydroxylation is 1. The minimum absolute atomic E-state index is 0.0444. The molecule has 8 nitrogen and oxygen atoms in total. The first-order valence-electron chi connectivity index (χ1n) is 44.9. The molecule has 111 heavy (non-hydrogen) atoms. The maximum Gasteiger partial charge on any atom is 0.252 e. The largest absolute Gasteiger partial charge is 0.456 e. The number of nitriles is 1. The van der Waals surface area contributed by atoms with Crippen LogP contribution in [-0.4, -0.2) is 20.4 Å². The van der Waals surface area contributed by atoms with Crippen molar-refractivity contribution in [3.05, 3.63) is 350 Å². The molecule has 0 saturated carbocycles. The summed E-state index contributed by atoms with van der Waals surface area (Å²) in [6.07, 6.45) is 0. The molecule has 0 radical (unpaired) electrons. The van der Waals surface area contributed by atoms with E-state index >= 15 is 0 Å². The minimum atomic E-state index is -2.81. The molecular formula is C102H67BN6O2. The number of aromatic nitrogens is 3. The van der Waals surface area contributed by atoms with E-state index < -0.39 is 97.5 Å². The quantitative estimate of drug-likeness (QED) is 0.142. The number of hydrogen-bond acceptors (Lipinski definition) is 5. The van der Waals surface area contributed by atoms with Crippen LogP contribution < -0.4 is 26.2 Å². The van der Waals surface area contributed by atoms with Crippen molar-refractivity contribution in [2.75, 3.05) is 9.80 Å². The van der Waals surface area contributed by atoms with Gasteiger partial charge in [-0.15, -0.1) is 0 Å². The monoisotopic (exact) mass is 1430 g/mol. The standard InChI is InChI=1S/C102H67BN6O2/c1-61-52-78(65-45-48-74-73-31-13-20-41-94(73)111-97(74)56-65)101(93(53-61)107-84-37-17-10-28-70(84)71-29-11-18-38-85(71)107)108-88-51-46-64(63-24-6-5-7-25-63)55-81(88)103-80-49-47-66(102(2,3)4)57-90(80)109(92-59-67(58-91(108)99(92)103)105-82-35-15-8-26-68(82)69-27-9-16-36-83(69)105)100-76(75-33-23-43-96-98(75)77-32-14-21-42-95(77)110-96)34-22-40-89(100)106-86-39-19-12-30-72(86)79-54-62(60-104)44-50-87(79)106/h5-59H,1-4H3/i1D3,5D,6D,7D,8D,9D,15D,16D,24D,25D,26D,27D,35D,36D. The molecule has 0 atom stereocenters. The molecule has 0 unspecified atom stereocenters. The summed E-state index contributed by atoms with van der Waals surface area (Å²) in [6.45, 7) is 2.60. The molecule has 0 spiro atoms. The molecule has 0 amide bonds. The Hall–Kier alpha value is -14.3. The SMILES string of the molecule is [2H]c1c([2H])c([2H])c(-c2ccc3c(c2)B2c4ccc(C(C)(C)C)cc4N(c4c(-c5cccc6oc7ccccc7c56)cccc4-n4c5ccccc5c5cc(C#N)ccc54)c4cc(-n5c6c([2H])c([2H])c([2H])c([2H])c6c6c([2H])c([2H])c([2H])c([2H])c65)cc(c42)N3c2c(-c3ccc4c(c3)oc3ccccc34)cc(C([2H])([2H])[2H])cc2-n2c3ccccc3c3ccccc32)c([2H])c1[2H]. The Morgan fingerprint density at radius 2 is 0.937 bits per heavy atom. The lowest BCUT2D eigenvalue weighted by molar-refractivity contribution is 0.590. The van der Waals surface area contributed by atoms with Crippen molar-refractivity contribution in [3.8, 4) is 56.5 Å². The van der Waals surface area contributed by atoms with Gasteiger partial charge in [0.1, 0.15) is 22.3 Å². The van der Waals surface area contributed by atoms with Crippen LogP contribution in [0.5, 0.6) is 0 Å². The maximum absolute atomic E-state index is 10.8. The molecule has 16 aromatic carbocycles. The molecule has 0 bridgehead atoms. The van der Waals surface area contributed by atoms with Gasteiger partial charge in [0.2, 0.25) is 0 Å². The zero-order chi connectivity index (χ0) is 87.5. The molecule has 0 N–H and O–H groups in total. The number of para-hydroxylation sites is 8. The zero-order valence-corrected chi connectivity index (χ0v) is 59.8. The molecule has 21 aromatic rings. The smallest absolute Gasteiger partial charge is 0.252 e. The molecule has 5 aromatic heterocycles. The number of rotatable bonds is 8. The summed E-state index contributed by atoms with van der Waals surface area (Å²) < 4.78 is 175. The van der Waals surface area contributed by atoms with E-state index in [0.717, 1.165) is 65.3 Å². The van der Waals surface area contributed by atoms with E-state index in [-0.39, 0.29) is 44.2 Å². The molecule has 520 valence electrons. The van der Waals surface area contributed by atoms with Crippen LogP contribution in [-0.2, 0) is 5.41 Å². The van der Waals surface area contributed by atoms with Crippen molar-refractivity contribution in [2.24, 2.45) is 0 Å². The van der Waals surface area contributed by atoms with Gasteiger partial charge in [0.15, 0.2) is 0 Å². The first-order valence-corrected chi connectivity index (χ1v) is 36.9. The summed E-state index contributed by atoms with van der Waals surface area (Å²) in [5.41, 5.74) is 13.7. The van der Waals surface area contributed by atoms with Gasteiger partial charge in [0, 0.05) is 91.9 Å². The van der Waals surface area contributed by atoms with Gasteiger partial charge in [-0.25, -0.2) is 0 Å². The highest BCUT2D eigenvalue weighted by atomic mass is 16.3. The molecule has 0 fully saturated rings. The number of fused-ring (bicyclic) bond motifs is 19. The lowest BCUT2D eigenvalue weighted by atomic mass is 9.33.